The van der Waals surface area contributed by atoms with Crippen LogP contribution < -0.4 is 10.5 Å². The molecule has 0 saturated carbocycles. The summed E-state index contributed by atoms with van der Waals surface area (Å²) in [5.74, 6) is -0.859. The summed E-state index contributed by atoms with van der Waals surface area (Å²) >= 11 is 5.68. The lowest BCUT2D eigenvalue weighted by Gasteiger charge is -2.12. The number of carbonyl (C=O) groups is 1. The summed E-state index contributed by atoms with van der Waals surface area (Å²) < 4.78 is 23.8. The lowest BCUT2D eigenvalue weighted by atomic mass is 10.1. The quantitative estimate of drug-likeness (QED) is 0.694. The van der Waals surface area contributed by atoms with Crippen LogP contribution in [-0.2, 0) is 11.3 Å². The van der Waals surface area contributed by atoms with Gasteiger partial charge < -0.3 is 15.2 Å². The van der Waals surface area contributed by atoms with E-state index >= 15 is 0 Å². The molecule has 0 heterocycles. The summed E-state index contributed by atoms with van der Waals surface area (Å²) in [4.78, 5) is 11.7. The lowest BCUT2D eigenvalue weighted by Crippen LogP contribution is -2.09. The first-order valence-electron chi connectivity index (χ1n) is 6.06. The number of hydrogen-bond donors (Lipinski definition) is 1. The molecule has 0 aliphatic carbocycles. The SMILES string of the molecule is COC(=O)c1c(N)cccc1OCc1ccc(Cl)cc1F. The number of esters is 1. The molecule has 110 valence electrons. The van der Waals surface area contributed by atoms with Gasteiger partial charge in [0.15, 0.2) is 0 Å². The molecule has 0 amide bonds. The Balaban J connectivity index is 2.24. The Morgan fingerprint density at radius 1 is 1.33 bits per heavy atom. The van der Waals surface area contributed by atoms with Gasteiger partial charge in [0.1, 0.15) is 23.7 Å². The average Bonchev–Trinajstić information content (AvgIpc) is 2.45. The monoisotopic (exact) mass is 309 g/mol. The van der Waals surface area contributed by atoms with Gasteiger partial charge >= 0.3 is 5.97 Å². The number of halogens is 2. The van der Waals surface area contributed by atoms with Gasteiger partial charge in [-0.15, -0.1) is 0 Å². The largest absolute Gasteiger partial charge is 0.488 e. The first-order valence-corrected chi connectivity index (χ1v) is 6.44. The molecule has 2 rings (SSSR count). The van der Waals surface area contributed by atoms with Crippen LogP contribution in [0.2, 0.25) is 5.02 Å². The molecule has 0 atom stereocenters. The molecule has 21 heavy (non-hydrogen) atoms. The van der Waals surface area contributed by atoms with Crippen molar-refractivity contribution in [3.63, 3.8) is 0 Å². The van der Waals surface area contributed by atoms with Crippen LogP contribution in [0.5, 0.6) is 5.75 Å². The van der Waals surface area contributed by atoms with Crippen molar-refractivity contribution in [1.29, 1.82) is 0 Å². The Morgan fingerprint density at radius 3 is 2.76 bits per heavy atom. The van der Waals surface area contributed by atoms with Crippen LogP contribution in [0.3, 0.4) is 0 Å². The number of hydrogen-bond acceptors (Lipinski definition) is 4. The van der Waals surface area contributed by atoms with Crippen molar-refractivity contribution in [2.45, 2.75) is 6.61 Å². The van der Waals surface area contributed by atoms with E-state index in [1.54, 1.807) is 24.3 Å². The maximum absolute atomic E-state index is 13.7. The van der Waals surface area contributed by atoms with Crippen molar-refractivity contribution in [3.8, 4) is 5.75 Å². The Bertz CT molecular complexity index is 676. The van der Waals surface area contributed by atoms with E-state index in [1.165, 1.54) is 19.2 Å². The minimum Gasteiger partial charge on any atom is -0.488 e. The summed E-state index contributed by atoms with van der Waals surface area (Å²) in [6.45, 7) is -0.0591. The maximum Gasteiger partial charge on any atom is 0.343 e. The summed E-state index contributed by atoms with van der Waals surface area (Å²) in [6, 6.07) is 9.03. The zero-order valence-electron chi connectivity index (χ0n) is 11.2. The van der Waals surface area contributed by atoms with Crippen LogP contribution in [0, 0.1) is 5.82 Å². The van der Waals surface area contributed by atoms with E-state index in [-0.39, 0.29) is 23.6 Å². The van der Waals surface area contributed by atoms with Gasteiger partial charge in [0, 0.05) is 16.3 Å². The molecule has 6 heteroatoms. The van der Waals surface area contributed by atoms with Gasteiger partial charge in [-0.1, -0.05) is 23.7 Å². The lowest BCUT2D eigenvalue weighted by molar-refractivity contribution is 0.0597. The van der Waals surface area contributed by atoms with Gasteiger partial charge in [0.2, 0.25) is 0 Å². The van der Waals surface area contributed by atoms with Crippen LogP contribution in [0.4, 0.5) is 10.1 Å². The van der Waals surface area contributed by atoms with Crippen LogP contribution in [-0.4, -0.2) is 13.1 Å². The van der Waals surface area contributed by atoms with Crippen molar-refractivity contribution in [2.75, 3.05) is 12.8 Å². The number of ether oxygens (including phenoxy) is 2. The molecule has 0 radical (unpaired) electrons. The minimum atomic E-state index is -0.611. The highest BCUT2D eigenvalue weighted by molar-refractivity contribution is 6.30. The number of nitrogens with two attached hydrogens (primary N) is 1. The second-order valence-corrected chi connectivity index (χ2v) is 4.67. The fraction of sp³-hybridized carbons (Fsp3) is 0.133. The molecule has 0 saturated heterocycles. The van der Waals surface area contributed by atoms with E-state index in [9.17, 15) is 9.18 Å². The average molecular weight is 310 g/mol. The van der Waals surface area contributed by atoms with E-state index in [0.717, 1.165) is 0 Å². The predicted octanol–water partition coefficient (Wildman–Crippen LogP) is 3.43. The highest BCUT2D eigenvalue weighted by Gasteiger charge is 2.17. The second kappa shape index (κ2) is 6.45. The standard InChI is InChI=1S/C15H13ClFNO3/c1-20-15(19)14-12(18)3-2-4-13(14)21-8-9-5-6-10(16)7-11(9)17/h2-7H,8,18H2,1H3. The summed E-state index contributed by atoms with van der Waals surface area (Å²) in [5.41, 5.74) is 6.41. The molecule has 2 aromatic carbocycles. The van der Waals surface area contributed by atoms with Gasteiger partial charge in [0.25, 0.3) is 0 Å². The third-order valence-corrected chi connectivity index (χ3v) is 3.08. The highest BCUT2D eigenvalue weighted by atomic mass is 35.5. The van der Waals surface area contributed by atoms with Gasteiger partial charge in [-0.2, -0.15) is 0 Å². The van der Waals surface area contributed by atoms with Gasteiger partial charge in [-0.3, -0.25) is 0 Å². The third kappa shape index (κ3) is 3.44. The molecular weight excluding hydrogens is 297 g/mol. The predicted molar refractivity (Wildman–Crippen MR) is 77.9 cm³/mol. The molecule has 0 aliphatic rings. The molecule has 0 spiro atoms. The van der Waals surface area contributed by atoms with Gasteiger partial charge in [-0.05, 0) is 24.3 Å². The Labute approximate surface area is 126 Å². The zero-order chi connectivity index (χ0) is 15.4. The normalized spacial score (nSPS) is 10.2. The van der Waals surface area contributed by atoms with Crippen molar-refractivity contribution >= 4 is 23.3 Å². The van der Waals surface area contributed by atoms with E-state index in [4.69, 9.17) is 22.1 Å². The fourth-order valence-corrected chi connectivity index (χ4v) is 1.94. The van der Waals surface area contributed by atoms with E-state index in [0.29, 0.717) is 10.6 Å². The summed E-state index contributed by atoms with van der Waals surface area (Å²) in [5, 5.41) is 0.301. The van der Waals surface area contributed by atoms with Gasteiger partial charge in [-0.25, -0.2) is 9.18 Å². The van der Waals surface area contributed by atoms with Crippen LogP contribution in [0.15, 0.2) is 36.4 Å². The zero-order valence-corrected chi connectivity index (χ0v) is 12.0. The van der Waals surface area contributed by atoms with E-state index in [2.05, 4.69) is 4.74 Å². The molecule has 4 nitrogen and oxygen atoms in total. The number of benzene rings is 2. The molecule has 0 aliphatic heterocycles. The smallest absolute Gasteiger partial charge is 0.343 e. The van der Waals surface area contributed by atoms with Crippen LogP contribution >= 0.6 is 11.6 Å². The first kappa shape index (κ1) is 15.1. The molecule has 0 bridgehead atoms. The maximum atomic E-state index is 13.7. The molecule has 2 N–H and O–H groups in total. The molecule has 0 aromatic heterocycles. The second-order valence-electron chi connectivity index (χ2n) is 4.24. The minimum absolute atomic E-state index is 0.0591. The number of nitrogen functional groups attached to an aromatic ring is 1. The fourth-order valence-electron chi connectivity index (χ4n) is 1.78. The van der Waals surface area contributed by atoms with E-state index < -0.39 is 11.8 Å². The number of methoxy groups -OCH3 is 1. The van der Waals surface area contributed by atoms with Crippen molar-refractivity contribution < 1.29 is 18.7 Å². The molecule has 0 unspecified atom stereocenters. The number of carbonyl (C=O) groups excluding carboxylic acids is 1. The van der Waals surface area contributed by atoms with Crippen LogP contribution in [0.1, 0.15) is 15.9 Å². The first-order chi connectivity index (χ1) is 10.0. The topological polar surface area (TPSA) is 61.5 Å². The number of anilines is 1. The van der Waals surface area contributed by atoms with E-state index in [1.807, 2.05) is 0 Å². The summed E-state index contributed by atoms with van der Waals surface area (Å²) in [7, 11) is 1.25. The molecular formula is C15H13ClFNO3. The highest BCUT2D eigenvalue weighted by Crippen LogP contribution is 2.26. The van der Waals surface area contributed by atoms with Crippen molar-refractivity contribution in [1.82, 2.24) is 0 Å². The Morgan fingerprint density at radius 2 is 2.10 bits per heavy atom. The Hall–Kier alpha value is -2.27. The third-order valence-electron chi connectivity index (χ3n) is 2.85. The van der Waals surface area contributed by atoms with Crippen molar-refractivity contribution in [3.05, 3.63) is 58.4 Å². The molecule has 0 fully saturated rings. The molecule has 2 aromatic rings. The summed E-state index contributed by atoms with van der Waals surface area (Å²) in [6.07, 6.45) is 0. The van der Waals surface area contributed by atoms with Gasteiger partial charge in [0.05, 0.1) is 7.11 Å². The van der Waals surface area contributed by atoms with Crippen molar-refractivity contribution in [2.24, 2.45) is 0 Å². The Kier molecular flexibility index (Phi) is 4.65. The number of rotatable bonds is 4. The van der Waals surface area contributed by atoms with Crippen LogP contribution in [0.25, 0.3) is 0 Å².